The maximum Gasteiger partial charge on any atom is 0.272 e. The Labute approximate surface area is 297 Å². The number of thioether (sulfide) groups is 1. The van der Waals surface area contributed by atoms with Crippen molar-refractivity contribution in [1.82, 2.24) is 10.3 Å². The molecule has 0 aliphatic carbocycles. The van der Waals surface area contributed by atoms with Crippen LogP contribution in [-0.4, -0.2) is 28.0 Å². The average molecular weight is 703 g/mol. The molecule has 5 aromatic carbocycles. The molecule has 0 aliphatic rings. The summed E-state index contributed by atoms with van der Waals surface area (Å²) in [5, 5.41) is 13.5. The summed E-state index contributed by atoms with van der Waals surface area (Å²) < 4.78 is 0. The van der Waals surface area contributed by atoms with Crippen LogP contribution in [0.5, 0.6) is 0 Å². The molecule has 1 aromatic heterocycles. The van der Waals surface area contributed by atoms with Crippen molar-refractivity contribution in [3.63, 3.8) is 0 Å². The molecule has 0 saturated heterocycles. The number of hydrogen-bond acceptors (Lipinski definition) is 6. The van der Waals surface area contributed by atoms with Crippen LogP contribution in [0.1, 0.15) is 29.3 Å². The summed E-state index contributed by atoms with van der Waals surface area (Å²) in [7, 11) is 0. The van der Waals surface area contributed by atoms with E-state index in [2.05, 4.69) is 45.2 Å². The maximum absolute atomic E-state index is 13.5. The smallest absolute Gasteiger partial charge is 0.272 e. The van der Waals surface area contributed by atoms with Crippen LogP contribution in [0.2, 0.25) is 5.02 Å². The van der Waals surface area contributed by atoms with Crippen molar-refractivity contribution < 1.29 is 14.4 Å². The first kappa shape index (κ1) is 33.7. The van der Waals surface area contributed by atoms with E-state index in [4.69, 9.17) is 11.6 Å². The lowest BCUT2D eigenvalue weighted by atomic mass is 10.1. The molecule has 1 heterocycles. The van der Waals surface area contributed by atoms with E-state index in [9.17, 15) is 14.4 Å². The number of anilines is 2. The Morgan fingerprint density at radius 2 is 1.61 bits per heavy atom. The largest absolute Gasteiger partial charge is 0.321 e. The second-order valence-corrected chi connectivity index (χ2v) is 13.6. The molecule has 3 N–H and O–H groups in total. The SMILES string of the molecule is CCC(Sc1cccc(NC(=O)/C(=C/c2cccc(Cl)c2)NC(=O)c2ccccc2)c1)C(=O)Nc1nc(-c2ccc3ccccc3c2)cs1. The van der Waals surface area contributed by atoms with E-state index in [1.165, 1.54) is 23.1 Å². The molecule has 10 heteroatoms. The predicted molar refractivity (Wildman–Crippen MR) is 202 cm³/mol. The van der Waals surface area contributed by atoms with Gasteiger partial charge >= 0.3 is 0 Å². The summed E-state index contributed by atoms with van der Waals surface area (Å²) in [6, 6.07) is 37.3. The Morgan fingerprint density at radius 3 is 2.41 bits per heavy atom. The topological polar surface area (TPSA) is 100 Å². The number of amides is 3. The van der Waals surface area contributed by atoms with Crippen LogP contribution < -0.4 is 16.0 Å². The standard InChI is InChI=1S/C39H31ClN4O3S2/c1-2-35(38(47)44-39-43-34(24-48-39)29-19-18-26-11-6-7-14-28(26)22-29)49-32-17-9-16-31(23-32)41-37(46)33(21-25-10-8-15-30(40)20-25)42-36(45)27-12-4-3-5-13-27/h3-24,35H,2H2,1H3,(H,41,46)(H,42,45)(H,43,44,47)/b33-21-. The summed E-state index contributed by atoms with van der Waals surface area (Å²) in [5.74, 6) is -1.09. The third-order valence-electron chi connectivity index (χ3n) is 7.50. The third-order valence-corrected chi connectivity index (χ3v) is 9.85. The quantitative estimate of drug-likeness (QED) is 0.0923. The fraction of sp³-hybridized carbons (Fsp3) is 0.0769. The summed E-state index contributed by atoms with van der Waals surface area (Å²) in [6.45, 7) is 1.95. The molecule has 0 spiro atoms. The molecular formula is C39H31ClN4O3S2. The van der Waals surface area contributed by atoms with Gasteiger partial charge in [-0.3, -0.25) is 14.4 Å². The Bertz CT molecular complexity index is 2170. The highest BCUT2D eigenvalue weighted by atomic mass is 35.5. The number of hydrogen-bond donors (Lipinski definition) is 3. The van der Waals surface area contributed by atoms with E-state index in [-0.39, 0.29) is 11.6 Å². The van der Waals surface area contributed by atoms with E-state index >= 15 is 0 Å². The Morgan fingerprint density at radius 1 is 0.837 bits per heavy atom. The third kappa shape index (κ3) is 8.83. The number of benzene rings is 5. The molecule has 1 unspecified atom stereocenters. The molecule has 49 heavy (non-hydrogen) atoms. The van der Waals surface area contributed by atoms with Crippen LogP contribution in [0.3, 0.4) is 0 Å². The molecule has 0 radical (unpaired) electrons. The van der Waals surface area contributed by atoms with Crippen LogP contribution in [0, 0.1) is 0 Å². The zero-order chi connectivity index (χ0) is 34.2. The number of carbonyl (C=O) groups excluding carboxylic acids is 3. The molecule has 6 aromatic rings. The van der Waals surface area contributed by atoms with Crippen molar-refractivity contribution in [2.45, 2.75) is 23.5 Å². The number of thiazole rings is 1. The van der Waals surface area contributed by atoms with Gasteiger partial charge in [-0.15, -0.1) is 23.1 Å². The lowest BCUT2D eigenvalue weighted by molar-refractivity contribution is -0.116. The molecular weight excluding hydrogens is 672 g/mol. The molecule has 0 fully saturated rings. The Hall–Kier alpha value is -5.22. The lowest BCUT2D eigenvalue weighted by Crippen LogP contribution is -2.30. The molecule has 3 amide bonds. The van der Waals surface area contributed by atoms with Gasteiger partial charge in [0.15, 0.2) is 5.13 Å². The van der Waals surface area contributed by atoms with Gasteiger partial charge in [-0.25, -0.2) is 4.98 Å². The van der Waals surface area contributed by atoms with Crippen molar-refractivity contribution in [1.29, 1.82) is 0 Å². The van der Waals surface area contributed by atoms with Crippen molar-refractivity contribution >= 4 is 80.1 Å². The molecule has 6 rings (SSSR count). The molecule has 7 nitrogen and oxygen atoms in total. The van der Waals surface area contributed by atoms with E-state index in [0.717, 1.165) is 26.9 Å². The minimum absolute atomic E-state index is 0.0477. The van der Waals surface area contributed by atoms with E-state index < -0.39 is 17.1 Å². The molecule has 0 saturated carbocycles. The second-order valence-electron chi connectivity index (χ2n) is 11.0. The summed E-state index contributed by atoms with van der Waals surface area (Å²) in [4.78, 5) is 45.3. The maximum atomic E-state index is 13.5. The zero-order valence-electron chi connectivity index (χ0n) is 26.4. The van der Waals surface area contributed by atoms with E-state index in [1.54, 1.807) is 66.7 Å². The van der Waals surface area contributed by atoms with Crippen molar-refractivity contribution in [2.24, 2.45) is 0 Å². The highest BCUT2D eigenvalue weighted by molar-refractivity contribution is 8.00. The minimum atomic E-state index is -0.512. The molecule has 1 atom stereocenters. The van der Waals surface area contributed by atoms with Gasteiger partial charge in [0.25, 0.3) is 11.8 Å². The average Bonchev–Trinajstić information content (AvgIpc) is 3.59. The van der Waals surface area contributed by atoms with Crippen LogP contribution >= 0.6 is 34.7 Å². The van der Waals surface area contributed by atoms with Gasteiger partial charge in [-0.1, -0.05) is 91.3 Å². The fourth-order valence-corrected chi connectivity index (χ4v) is 6.97. The number of rotatable bonds is 11. The number of fused-ring (bicyclic) bond motifs is 1. The highest BCUT2D eigenvalue weighted by Crippen LogP contribution is 2.31. The highest BCUT2D eigenvalue weighted by Gasteiger charge is 2.21. The van der Waals surface area contributed by atoms with Gasteiger partial charge in [0.2, 0.25) is 5.91 Å². The lowest BCUT2D eigenvalue weighted by Gasteiger charge is -2.15. The normalized spacial score (nSPS) is 11.9. The number of aromatic nitrogens is 1. The number of nitrogens with zero attached hydrogens (tertiary/aromatic N) is 1. The summed E-state index contributed by atoms with van der Waals surface area (Å²) in [5.41, 5.74) is 3.41. The van der Waals surface area contributed by atoms with E-state index in [0.29, 0.717) is 33.4 Å². The Kier molecular flexibility index (Phi) is 10.8. The first-order valence-electron chi connectivity index (χ1n) is 15.5. The van der Waals surface area contributed by atoms with Gasteiger partial charge in [0, 0.05) is 32.1 Å². The van der Waals surface area contributed by atoms with Crippen LogP contribution in [0.15, 0.2) is 137 Å². The summed E-state index contributed by atoms with van der Waals surface area (Å²) in [6.07, 6.45) is 2.15. The molecule has 0 aliphatic heterocycles. The van der Waals surface area contributed by atoms with Gasteiger partial charge < -0.3 is 16.0 Å². The number of carbonyl (C=O) groups is 3. The van der Waals surface area contributed by atoms with Crippen molar-refractivity contribution in [3.8, 4) is 11.3 Å². The minimum Gasteiger partial charge on any atom is -0.321 e. The van der Waals surface area contributed by atoms with E-state index in [1.807, 2.05) is 48.7 Å². The first-order valence-corrected chi connectivity index (χ1v) is 17.7. The second kappa shape index (κ2) is 15.8. The zero-order valence-corrected chi connectivity index (χ0v) is 28.7. The summed E-state index contributed by atoms with van der Waals surface area (Å²) >= 11 is 8.95. The van der Waals surface area contributed by atoms with Gasteiger partial charge in [0.05, 0.1) is 10.9 Å². The monoisotopic (exact) mass is 702 g/mol. The van der Waals surface area contributed by atoms with Crippen molar-refractivity contribution in [3.05, 3.63) is 149 Å². The Balaban J connectivity index is 1.13. The van der Waals surface area contributed by atoms with Crippen LogP contribution in [0.4, 0.5) is 10.8 Å². The molecule has 0 bridgehead atoms. The number of nitrogens with one attached hydrogen (secondary N) is 3. The first-order chi connectivity index (χ1) is 23.8. The van der Waals surface area contributed by atoms with Gasteiger partial charge in [0.1, 0.15) is 5.70 Å². The molecule has 244 valence electrons. The van der Waals surface area contributed by atoms with Gasteiger partial charge in [-0.05, 0) is 77.4 Å². The predicted octanol–water partition coefficient (Wildman–Crippen LogP) is 9.54. The fourth-order valence-electron chi connectivity index (χ4n) is 5.04. The van der Waals surface area contributed by atoms with Crippen LogP contribution in [0.25, 0.3) is 28.1 Å². The van der Waals surface area contributed by atoms with Gasteiger partial charge in [-0.2, -0.15) is 0 Å². The number of halogens is 1. The van der Waals surface area contributed by atoms with Crippen molar-refractivity contribution in [2.75, 3.05) is 10.6 Å². The van der Waals surface area contributed by atoms with Crippen LogP contribution in [-0.2, 0) is 9.59 Å².